The number of esters is 1. The highest BCUT2D eigenvalue weighted by Gasteiger charge is 2.45. The van der Waals surface area contributed by atoms with Crippen molar-refractivity contribution in [1.82, 2.24) is 10.2 Å². The number of amides is 2. The molecule has 19 heavy (non-hydrogen) atoms. The van der Waals surface area contributed by atoms with E-state index in [9.17, 15) is 14.4 Å². The van der Waals surface area contributed by atoms with Gasteiger partial charge < -0.3 is 10.1 Å². The van der Waals surface area contributed by atoms with Crippen molar-refractivity contribution in [2.45, 2.75) is 51.1 Å². The third-order valence-corrected chi connectivity index (χ3v) is 3.35. The van der Waals surface area contributed by atoms with Crippen LogP contribution in [0.15, 0.2) is 0 Å². The first kappa shape index (κ1) is 14.0. The van der Waals surface area contributed by atoms with Crippen LogP contribution in [0.25, 0.3) is 0 Å². The van der Waals surface area contributed by atoms with Gasteiger partial charge in [0.25, 0.3) is 0 Å². The van der Waals surface area contributed by atoms with Crippen LogP contribution in [0.3, 0.4) is 0 Å². The molecule has 0 spiro atoms. The van der Waals surface area contributed by atoms with E-state index in [0.29, 0.717) is 26.0 Å². The molecule has 1 N–H and O–H groups in total. The van der Waals surface area contributed by atoms with Crippen molar-refractivity contribution in [2.24, 2.45) is 0 Å². The minimum Gasteiger partial charge on any atom is -0.466 e. The number of hydrogen-bond donors (Lipinski definition) is 1. The Hall–Kier alpha value is -1.43. The smallest absolute Gasteiger partial charge is 0.305 e. The molecule has 1 heterocycles. The zero-order valence-electron chi connectivity index (χ0n) is 11.2. The Kier molecular flexibility index (Phi) is 4.52. The van der Waals surface area contributed by atoms with E-state index in [2.05, 4.69) is 5.32 Å². The third-order valence-electron chi connectivity index (χ3n) is 3.35. The van der Waals surface area contributed by atoms with Crippen LogP contribution in [-0.2, 0) is 19.1 Å². The maximum atomic E-state index is 12.0. The van der Waals surface area contributed by atoms with Gasteiger partial charge in [-0.2, -0.15) is 0 Å². The molecule has 2 rings (SSSR count). The maximum absolute atomic E-state index is 12.0. The monoisotopic (exact) mass is 268 g/mol. The standard InChI is InChI=1S/C13H20N2O4/c1-2-19-12(17)4-3-7-14-10-8-11(16)15(13(10)18)9-5-6-9/h9-10,14H,2-8H2,1H3. The Morgan fingerprint density at radius 1 is 1.42 bits per heavy atom. The first-order valence-corrected chi connectivity index (χ1v) is 6.88. The lowest BCUT2D eigenvalue weighted by molar-refractivity contribution is -0.143. The summed E-state index contributed by atoms with van der Waals surface area (Å²) in [5.74, 6) is -0.406. The molecule has 1 saturated heterocycles. The number of carbonyl (C=O) groups is 3. The van der Waals surface area contributed by atoms with E-state index in [-0.39, 0.29) is 30.2 Å². The topological polar surface area (TPSA) is 75.7 Å². The average Bonchev–Trinajstić information content (AvgIpc) is 3.14. The Balaban J connectivity index is 1.68. The summed E-state index contributed by atoms with van der Waals surface area (Å²) in [5, 5.41) is 3.05. The van der Waals surface area contributed by atoms with Gasteiger partial charge in [-0.1, -0.05) is 0 Å². The fourth-order valence-corrected chi connectivity index (χ4v) is 2.27. The lowest BCUT2D eigenvalue weighted by Gasteiger charge is -2.14. The van der Waals surface area contributed by atoms with Gasteiger partial charge in [0.2, 0.25) is 11.8 Å². The van der Waals surface area contributed by atoms with Crippen LogP contribution in [0.2, 0.25) is 0 Å². The first-order valence-electron chi connectivity index (χ1n) is 6.88. The molecule has 1 saturated carbocycles. The highest BCUT2D eigenvalue weighted by molar-refractivity contribution is 6.06. The summed E-state index contributed by atoms with van der Waals surface area (Å²) in [6, 6.07) is -0.262. The average molecular weight is 268 g/mol. The molecule has 106 valence electrons. The fourth-order valence-electron chi connectivity index (χ4n) is 2.27. The molecular weight excluding hydrogens is 248 g/mol. The van der Waals surface area contributed by atoms with Crippen molar-refractivity contribution in [3.8, 4) is 0 Å². The fraction of sp³-hybridized carbons (Fsp3) is 0.769. The van der Waals surface area contributed by atoms with Crippen molar-refractivity contribution in [3.63, 3.8) is 0 Å². The minimum atomic E-state index is -0.407. The number of nitrogens with zero attached hydrogens (tertiary/aromatic N) is 1. The van der Waals surface area contributed by atoms with Gasteiger partial charge in [-0.25, -0.2) is 0 Å². The van der Waals surface area contributed by atoms with Crippen LogP contribution in [0.5, 0.6) is 0 Å². The molecule has 0 radical (unpaired) electrons. The Morgan fingerprint density at radius 3 is 2.79 bits per heavy atom. The van der Waals surface area contributed by atoms with Gasteiger partial charge >= 0.3 is 5.97 Å². The molecule has 1 aliphatic carbocycles. The van der Waals surface area contributed by atoms with E-state index in [4.69, 9.17) is 4.74 Å². The molecule has 1 unspecified atom stereocenters. The van der Waals surface area contributed by atoms with E-state index in [0.717, 1.165) is 12.8 Å². The Bertz CT molecular complexity index is 379. The molecule has 0 aromatic rings. The van der Waals surface area contributed by atoms with Gasteiger partial charge in [0.1, 0.15) is 0 Å². The molecule has 0 bridgehead atoms. The predicted octanol–water partition coefficient (Wildman–Crippen LogP) is 0.209. The van der Waals surface area contributed by atoms with E-state index in [1.807, 2.05) is 0 Å². The summed E-state index contributed by atoms with van der Waals surface area (Å²) in [7, 11) is 0. The lowest BCUT2D eigenvalue weighted by atomic mass is 10.2. The summed E-state index contributed by atoms with van der Waals surface area (Å²) in [5.41, 5.74) is 0. The number of ether oxygens (including phenoxy) is 1. The first-order chi connectivity index (χ1) is 9.13. The highest BCUT2D eigenvalue weighted by atomic mass is 16.5. The number of hydrogen-bond acceptors (Lipinski definition) is 5. The largest absolute Gasteiger partial charge is 0.466 e. The zero-order chi connectivity index (χ0) is 13.8. The molecule has 6 nitrogen and oxygen atoms in total. The Labute approximate surface area is 112 Å². The minimum absolute atomic E-state index is 0.0737. The van der Waals surface area contributed by atoms with Crippen LogP contribution < -0.4 is 5.32 Å². The van der Waals surface area contributed by atoms with Crippen LogP contribution in [0.1, 0.15) is 39.0 Å². The summed E-state index contributed by atoms with van der Waals surface area (Å²) in [4.78, 5) is 36.2. The van der Waals surface area contributed by atoms with Crippen molar-refractivity contribution < 1.29 is 19.1 Å². The van der Waals surface area contributed by atoms with Crippen molar-refractivity contribution in [3.05, 3.63) is 0 Å². The van der Waals surface area contributed by atoms with Gasteiger partial charge in [0.05, 0.1) is 19.1 Å². The molecule has 2 fully saturated rings. The molecule has 1 aliphatic heterocycles. The quantitative estimate of drug-likeness (QED) is 0.406. The van der Waals surface area contributed by atoms with Gasteiger partial charge in [-0.3, -0.25) is 19.3 Å². The molecule has 1 atom stereocenters. The molecule has 2 aliphatic rings. The summed E-state index contributed by atoms with van der Waals surface area (Å²) in [6.45, 7) is 2.70. The second-order valence-corrected chi connectivity index (χ2v) is 4.95. The maximum Gasteiger partial charge on any atom is 0.305 e. The number of imide groups is 1. The van der Waals surface area contributed by atoms with Crippen molar-refractivity contribution in [2.75, 3.05) is 13.2 Å². The predicted molar refractivity (Wildman–Crippen MR) is 67.1 cm³/mol. The molecule has 0 aromatic carbocycles. The van der Waals surface area contributed by atoms with Gasteiger partial charge in [-0.15, -0.1) is 0 Å². The molecule has 6 heteroatoms. The number of nitrogens with one attached hydrogen (secondary N) is 1. The van der Waals surface area contributed by atoms with Gasteiger partial charge in [0.15, 0.2) is 0 Å². The second kappa shape index (κ2) is 6.14. The van der Waals surface area contributed by atoms with Crippen LogP contribution in [-0.4, -0.2) is 47.9 Å². The summed E-state index contributed by atoms with van der Waals surface area (Å²) >= 11 is 0. The second-order valence-electron chi connectivity index (χ2n) is 4.95. The Morgan fingerprint density at radius 2 is 2.16 bits per heavy atom. The van der Waals surface area contributed by atoms with Gasteiger partial charge in [-0.05, 0) is 32.7 Å². The highest BCUT2D eigenvalue weighted by Crippen LogP contribution is 2.31. The zero-order valence-corrected chi connectivity index (χ0v) is 11.2. The van der Waals surface area contributed by atoms with E-state index < -0.39 is 6.04 Å². The number of likely N-dealkylation sites (tertiary alicyclic amines) is 1. The van der Waals surface area contributed by atoms with E-state index in [1.165, 1.54) is 4.90 Å². The van der Waals surface area contributed by atoms with Crippen LogP contribution in [0.4, 0.5) is 0 Å². The molecular formula is C13H20N2O4. The molecule has 2 amide bonds. The summed E-state index contributed by atoms with van der Waals surface area (Å²) in [6.07, 6.45) is 3.07. The summed E-state index contributed by atoms with van der Waals surface area (Å²) < 4.78 is 4.81. The third kappa shape index (κ3) is 3.53. The van der Waals surface area contributed by atoms with Gasteiger partial charge in [0, 0.05) is 12.5 Å². The number of rotatable bonds is 7. The van der Waals surface area contributed by atoms with E-state index in [1.54, 1.807) is 6.92 Å². The van der Waals surface area contributed by atoms with Crippen molar-refractivity contribution >= 4 is 17.8 Å². The van der Waals surface area contributed by atoms with Crippen molar-refractivity contribution in [1.29, 1.82) is 0 Å². The van der Waals surface area contributed by atoms with Crippen LogP contribution >= 0.6 is 0 Å². The van der Waals surface area contributed by atoms with Crippen LogP contribution in [0, 0.1) is 0 Å². The number of carbonyl (C=O) groups excluding carboxylic acids is 3. The normalized spacial score (nSPS) is 23.0. The molecule has 0 aromatic heterocycles. The SMILES string of the molecule is CCOC(=O)CCCNC1CC(=O)N(C2CC2)C1=O. The van der Waals surface area contributed by atoms with E-state index >= 15 is 0 Å². The lowest BCUT2D eigenvalue weighted by Crippen LogP contribution is -2.40.